The Labute approximate surface area is 186 Å². The van der Waals surface area contributed by atoms with Crippen LogP contribution in [0, 0.1) is 0 Å². The van der Waals surface area contributed by atoms with Crippen molar-refractivity contribution in [1.29, 1.82) is 0 Å². The Morgan fingerprint density at radius 2 is 1.59 bits per heavy atom. The van der Waals surface area contributed by atoms with E-state index in [4.69, 9.17) is 14.2 Å². The number of anilines is 1. The second-order valence-corrected chi connectivity index (χ2v) is 7.27. The summed E-state index contributed by atoms with van der Waals surface area (Å²) in [6, 6.07) is 19.1. The molecule has 0 unspecified atom stereocenters. The Balaban J connectivity index is 1.41. The van der Waals surface area contributed by atoms with Crippen LogP contribution in [0.4, 0.5) is 5.69 Å². The normalized spacial score (nSPS) is 10.7. The van der Waals surface area contributed by atoms with Crippen molar-refractivity contribution in [3.05, 3.63) is 77.6 Å². The van der Waals surface area contributed by atoms with E-state index in [2.05, 4.69) is 15.3 Å². The molecule has 0 saturated heterocycles. The van der Waals surface area contributed by atoms with Gasteiger partial charge in [0, 0.05) is 17.7 Å². The summed E-state index contributed by atoms with van der Waals surface area (Å²) in [4.78, 5) is 20.7. The average molecular weight is 431 g/mol. The molecule has 7 heteroatoms. The number of rotatable bonds is 8. The number of nitrogens with one attached hydrogen (secondary N) is 2. The minimum atomic E-state index is -0.265. The molecule has 4 aromatic rings. The Morgan fingerprint density at radius 1 is 0.906 bits per heavy atom. The van der Waals surface area contributed by atoms with Gasteiger partial charge in [-0.3, -0.25) is 4.79 Å². The summed E-state index contributed by atoms with van der Waals surface area (Å²) in [7, 11) is 4.56. The van der Waals surface area contributed by atoms with E-state index in [0.717, 1.165) is 35.3 Å². The standard InChI is InChI=1S/C25H25N3O4/c1-30-21-14-17(15-22(31-2)24(21)32-3)25(29)26-18-11-8-16(9-12-18)10-13-23-27-19-6-4-5-7-20(19)28-23/h4-9,11-12,14-15H,10,13H2,1-3H3,(H,26,29)(H,27,28). The number of carbonyl (C=O) groups excluding carboxylic acids is 1. The van der Waals surface area contributed by atoms with Crippen LogP contribution in [0.15, 0.2) is 60.7 Å². The number of aromatic nitrogens is 2. The largest absolute Gasteiger partial charge is 0.493 e. The summed E-state index contributed by atoms with van der Waals surface area (Å²) in [5, 5.41) is 2.91. The first-order valence-electron chi connectivity index (χ1n) is 10.2. The van der Waals surface area contributed by atoms with Gasteiger partial charge in [0.25, 0.3) is 5.91 Å². The minimum absolute atomic E-state index is 0.265. The molecule has 0 saturated carbocycles. The van der Waals surface area contributed by atoms with Crippen molar-refractivity contribution >= 4 is 22.6 Å². The summed E-state index contributed by atoms with van der Waals surface area (Å²) in [6.45, 7) is 0. The number of imidazole rings is 1. The molecule has 0 aliphatic carbocycles. The SMILES string of the molecule is COc1cc(C(=O)Nc2ccc(CCc3nc4ccccc4[nH]3)cc2)cc(OC)c1OC. The lowest BCUT2D eigenvalue weighted by Gasteiger charge is -2.14. The van der Waals surface area contributed by atoms with Gasteiger partial charge in [-0.1, -0.05) is 24.3 Å². The zero-order valence-corrected chi connectivity index (χ0v) is 18.3. The van der Waals surface area contributed by atoms with Crippen molar-refractivity contribution < 1.29 is 19.0 Å². The van der Waals surface area contributed by atoms with Gasteiger partial charge in [0.05, 0.1) is 32.4 Å². The summed E-state index contributed by atoms with van der Waals surface area (Å²) in [5.41, 5.74) is 4.31. The van der Waals surface area contributed by atoms with Crippen LogP contribution < -0.4 is 19.5 Å². The molecule has 32 heavy (non-hydrogen) atoms. The fourth-order valence-corrected chi connectivity index (χ4v) is 3.56. The molecule has 0 aliphatic heterocycles. The molecular formula is C25H25N3O4. The zero-order valence-electron chi connectivity index (χ0n) is 18.3. The quantitative estimate of drug-likeness (QED) is 0.425. The summed E-state index contributed by atoms with van der Waals surface area (Å²) in [6.07, 6.45) is 1.66. The Kier molecular flexibility index (Phi) is 6.26. The maximum absolute atomic E-state index is 12.8. The van der Waals surface area contributed by atoms with E-state index in [0.29, 0.717) is 28.5 Å². The highest BCUT2D eigenvalue weighted by Crippen LogP contribution is 2.38. The number of para-hydroxylation sites is 2. The van der Waals surface area contributed by atoms with Crippen molar-refractivity contribution in [2.24, 2.45) is 0 Å². The Morgan fingerprint density at radius 3 is 2.22 bits per heavy atom. The lowest BCUT2D eigenvalue weighted by molar-refractivity contribution is 0.102. The van der Waals surface area contributed by atoms with E-state index < -0.39 is 0 Å². The molecule has 7 nitrogen and oxygen atoms in total. The maximum atomic E-state index is 12.8. The van der Waals surface area contributed by atoms with Gasteiger partial charge >= 0.3 is 0 Å². The number of aromatic amines is 1. The van der Waals surface area contributed by atoms with Crippen molar-refractivity contribution in [2.45, 2.75) is 12.8 Å². The highest BCUT2D eigenvalue weighted by atomic mass is 16.5. The number of fused-ring (bicyclic) bond motifs is 1. The van der Waals surface area contributed by atoms with Crippen LogP contribution in [-0.2, 0) is 12.8 Å². The average Bonchev–Trinajstić information content (AvgIpc) is 3.25. The molecule has 1 amide bonds. The third-order valence-corrected chi connectivity index (χ3v) is 5.23. The number of hydrogen-bond acceptors (Lipinski definition) is 5. The highest BCUT2D eigenvalue weighted by Gasteiger charge is 2.17. The van der Waals surface area contributed by atoms with Gasteiger partial charge in [0.1, 0.15) is 5.82 Å². The van der Waals surface area contributed by atoms with Crippen LogP contribution in [0.5, 0.6) is 17.2 Å². The van der Waals surface area contributed by atoms with Crippen LogP contribution >= 0.6 is 0 Å². The molecule has 0 radical (unpaired) electrons. The van der Waals surface area contributed by atoms with E-state index in [9.17, 15) is 4.79 Å². The van der Waals surface area contributed by atoms with Gasteiger partial charge in [-0.15, -0.1) is 0 Å². The number of hydrogen-bond donors (Lipinski definition) is 2. The monoisotopic (exact) mass is 431 g/mol. The number of nitrogens with zero attached hydrogens (tertiary/aromatic N) is 1. The lowest BCUT2D eigenvalue weighted by atomic mass is 10.1. The van der Waals surface area contributed by atoms with Crippen LogP contribution in [0.3, 0.4) is 0 Å². The molecule has 1 aromatic heterocycles. The topological polar surface area (TPSA) is 85.5 Å². The van der Waals surface area contributed by atoms with Gasteiger partial charge in [0.2, 0.25) is 5.75 Å². The third kappa shape index (κ3) is 4.51. The number of methoxy groups -OCH3 is 3. The summed E-state index contributed by atoms with van der Waals surface area (Å²) in [5.74, 6) is 2.00. The minimum Gasteiger partial charge on any atom is -0.493 e. The van der Waals surface area contributed by atoms with Crippen molar-refractivity contribution in [3.8, 4) is 17.2 Å². The molecule has 0 spiro atoms. The van der Waals surface area contributed by atoms with Crippen molar-refractivity contribution in [1.82, 2.24) is 9.97 Å². The van der Waals surface area contributed by atoms with Crippen LogP contribution in [0.1, 0.15) is 21.7 Å². The number of amides is 1. The van der Waals surface area contributed by atoms with E-state index in [1.165, 1.54) is 21.3 Å². The maximum Gasteiger partial charge on any atom is 0.255 e. The zero-order chi connectivity index (χ0) is 22.5. The fraction of sp³-hybridized carbons (Fsp3) is 0.200. The number of carbonyl (C=O) groups is 1. The molecule has 0 atom stereocenters. The molecule has 0 bridgehead atoms. The molecule has 3 aromatic carbocycles. The van der Waals surface area contributed by atoms with Gasteiger partial charge < -0.3 is 24.5 Å². The smallest absolute Gasteiger partial charge is 0.255 e. The van der Waals surface area contributed by atoms with E-state index >= 15 is 0 Å². The van der Waals surface area contributed by atoms with E-state index in [1.54, 1.807) is 12.1 Å². The molecular weight excluding hydrogens is 406 g/mol. The Bertz CT molecular complexity index is 1170. The molecule has 0 aliphatic rings. The van der Waals surface area contributed by atoms with Gasteiger partial charge in [-0.25, -0.2) is 4.98 Å². The molecule has 2 N–H and O–H groups in total. The lowest BCUT2D eigenvalue weighted by Crippen LogP contribution is -2.12. The van der Waals surface area contributed by atoms with Crippen LogP contribution in [-0.4, -0.2) is 37.2 Å². The number of benzene rings is 3. The number of H-pyrrole nitrogens is 1. The second-order valence-electron chi connectivity index (χ2n) is 7.27. The predicted molar refractivity (Wildman–Crippen MR) is 124 cm³/mol. The molecule has 164 valence electrons. The van der Waals surface area contributed by atoms with E-state index in [-0.39, 0.29) is 5.91 Å². The highest BCUT2D eigenvalue weighted by molar-refractivity contribution is 6.05. The van der Waals surface area contributed by atoms with E-state index in [1.807, 2.05) is 48.5 Å². The van der Waals surface area contributed by atoms with Crippen molar-refractivity contribution in [2.75, 3.05) is 26.6 Å². The summed E-state index contributed by atoms with van der Waals surface area (Å²) >= 11 is 0. The first kappa shape index (κ1) is 21.2. The molecule has 1 heterocycles. The number of aryl methyl sites for hydroxylation is 2. The first-order chi connectivity index (χ1) is 15.6. The number of ether oxygens (including phenoxy) is 3. The second kappa shape index (κ2) is 9.43. The Hall–Kier alpha value is -4.00. The summed E-state index contributed by atoms with van der Waals surface area (Å²) < 4.78 is 16.0. The first-order valence-corrected chi connectivity index (χ1v) is 10.2. The van der Waals surface area contributed by atoms with Crippen LogP contribution in [0.25, 0.3) is 11.0 Å². The van der Waals surface area contributed by atoms with Gasteiger partial charge in [-0.05, 0) is 48.4 Å². The van der Waals surface area contributed by atoms with Crippen LogP contribution in [0.2, 0.25) is 0 Å². The fourth-order valence-electron chi connectivity index (χ4n) is 3.56. The molecule has 0 fully saturated rings. The van der Waals surface area contributed by atoms with Gasteiger partial charge in [-0.2, -0.15) is 0 Å². The third-order valence-electron chi connectivity index (χ3n) is 5.23. The van der Waals surface area contributed by atoms with Gasteiger partial charge in [0.15, 0.2) is 11.5 Å². The van der Waals surface area contributed by atoms with Crippen molar-refractivity contribution in [3.63, 3.8) is 0 Å². The molecule has 4 rings (SSSR count). The predicted octanol–water partition coefficient (Wildman–Crippen LogP) is 4.63.